The first-order chi connectivity index (χ1) is 22.2. The summed E-state index contributed by atoms with van der Waals surface area (Å²) < 4.78 is 43.0. The van der Waals surface area contributed by atoms with Gasteiger partial charge in [-0.05, 0) is 44.7 Å². The van der Waals surface area contributed by atoms with Crippen LogP contribution >= 0.6 is 11.3 Å². The molecule has 0 spiro atoms. The molecule has 5 N–H and O–H groups in total. The largest absolute Gasteiger partial charge is 0.394 e. The highest BCUT2D eigenvalue weighted by Crippen LogP contribution is 2.35. The molecule has 14 nitrogen and oxygen atoms in total. The molecule has 17 heteroatoms. The van der Waals surface area contributed by atoms with Crippen molar-refractivity contribution in [2.45, 2.75) is 75.4 Å². The zero-order valence-corrected chi connectivity index (χ0v) is 25.4. The number of carbonyl (C=O) groups is 1. The first-order valence-electron chi connectivity index (χ1n) is 14.8. The molecule has 246 valence electrons. The molecule has 0 aromatic carbocycles. The summed E-state index contributed by atoms with van der Waals surface area (Å²) in [6, 6.07) is 1.82. The van der Waals surface area contributed by atoms with E-state index in [1.165, 1.54) is 22.5 Å². The maximum absolute atomic E-state index is 14.8. The van der Waals surface area contributed by atoms with Crippen molar-refractivity contribution in [1.82, 2.24) is 29.5 Å². The first-order valence-corrected chi connectivity index (χ1v) is 15.7. The van der Waals surface area contributed by atoms with Gasteiger partial charge in [0.05, 0.1) is 30.6 Å². The zero-order chi connectivity index (χ0) is 32.5. The molecule has 6 rings (SSSR count). The van der Waals surface area contributed by atoms with Crippen LogP contribution in [0.5, 0.6) is 0 Å². The number of nitrogens with one attached hydrogen (secondary N) is 1. The normalized spacial score (nSPS) is 26.7. The third-order valence-electron chi connectivity index (χ3n) is 8.15. The Kier molecular flexibility index (Phi) is 9.51. The molecule has 1 saturated carbocycles. The number of aliphatic hydroxyl groups excluding tert-OH is 4. The zero-order valence-electron chi connectivity index (χ0n) is 24.6. The molecular weight excluding hydrogens is 628 g/mol. The third kappa shape index (κ3) is 6.44. The summed E-state index contributed by atoms with van der Waals surface area (Å²) in [4.78, 5) is 21.5. The Bertz CT molecular complexity index is 1670. The average molecular weight is 662 g/mol. The minimum atomic E-state index is -1.57. The molecule has 1 aliphatic heterocycles. The predicted octanol–water partition coefficient (Wildman–Crippen LogP) is 2.29. The summed E-state index contributed by atoms with van der Waals surface area (Å²) in [6.07, 6.45) is 0.851. The van der Waals surface area contributed by atoms with Gasteiger partial charge in [-0.15, -0.1) is 11.3 Å². The number of aromatic nitrogens is 6. The number of hydrogen-bond donors (Lipinski definition) is 5. The fourth-order valence-corrected chi connectivity index (χ4v) is 6.50. The van der Waals surface area contributed by atoms with Crippen LogP contribution in [0.3, 0.4) is 0 Å². The van der Waals surface area contributed by atoms with E-state index in [0.717, 1.165) is 49.2 Å². The van der Waals surface area contributed by atoms with Crippen molar-refractivity contribution in [3.8, 4) is 22.0 Å². The Morgan fingerprint density at radius 3 is 2.59 bits per heavy atom. The van der Waals surface area contributed by atoms with Crippen molar-refractivity contribution in [2.75, 3.05) is 18.5 Å². The lowest BCUT2D eigenvalue weighted by molar-refractivity contribution is -0.253. The smallest absolute Gasteiger partial charge is 0.275 e. The molecular formula is C29H33F2N7O7S. The molecule has 1 saturated heterocycles. The second-order valence-electron chi connectivity index (χ2n) is 11.1. The molecule has 0 bridgehead atoms. The summed E-state index contributed by atoms with van der Waals surface area (Å²) in [5.41, 5.74) is 0.275. The Morgan fingerprint density at radius 2 is 1.85 bits per heavy atom. The maximum atomic E-state index is 14.8. The summed E-state index contributed by atoms with van der Waals surface area (Å²) in [5.74, 6) is -2.31. The van der Waals surface area contributed by atoms with Crippen molar-refractivity contribution < 1.29 is 43.5 Å². The summed E-state index contributed by atoms with van der Waals surface area (Å²) in [6.45, 7) is 1.99. The Balaban J connectivity index is 1.22. The van der Waals surface area contributed by atoms with Crippen LogP contribution in [0, 0.1) is 11.8 Å². The van der Waals surface area contributed by atoms with Gasteiger partial charge in [-0.1, -0.05) is 0 Å². The van der Waals surface area contributed by atoms with Gasteiger partial charge in [-0.2, -0.15) is 14.6 Å². The molecule has 5 heterocycles. The van der Waals surface area contributed by atoms with Gasteiger partial charge < -0.3 is 35.2 Å². The van der Waals surface area contributed by atoms with Gasteiger partial charge in [0.15, 0.2) is 12.0 Å². The number of thiazole rings is 1. The maximum Gasteiger partial charge on any atom is 0.275 e. The van der Waals surface area contributed by atoms with Crippen LogP contribution in [0.2, 0.25) is 0 Å². The lowest BCUT2D eigenvalue weighted by atomic mass is 9.93. The number of hydrogen-bond acceptors (Lipinski definition) is 12. The molecule has 2 aliphatic rings. The summed E-state index contributed by atoms with van der Waals surface area (Å²) in [7, 11) is 0. The predicted molar refractivity (Wildman–Crippen MR) is 159 cm³/mol. The molecule has 5 atom stereocenters. The first kappa shape index (κ1) is 32.2. The molecule has 0 radical (unpaired) electrons. The number of halogens is 2. The number of ether oxygens (including phenoxy) is 2. The second-order valence-corrected chi connectivity index (χ2v) is 12.0. The molecule has 2 fully saturated rings. The van der Waals surface area contributed by atoms with E-state index < -0.39 is 54.9 Å². The average Bonchev–Trinajstić information content (AvgIpc) is 3.82. The highest BCUT2D eigenvalue weighted by atomic mass is 32.1. The van der Waals surface area contributed by atoms with E-state index in [1.807, 2.05) is 6.92 Å². The van der Waals surface area contributed by atoms with E-state index in [2.05, 4.69) is 25.5 Å². The minimum absolute atomic E-state index is 0.0199. The van der Waals surface area contributed by atoms with Crippen LogP contribution in [0.15, 0.2) is 36.1 Å². The second kappa shape index (κ2) is 13.6. The lowest BCUT2D eigenvalue weighted by Gasteiger charge is -2.39. The van der Waals surface area contributed by atoms with Gasteiger partial charge in [0.2, 0.25) is 5.95 Å². The Hall–Kier alpha value is -3.71. The van der Waals surface area contributed by atoms with Crippen LogP contribution in [0.4, 0.5) is 14.5 Å². The van der Waals surface area contributed by atoms with Gasteiger partial charge >= 0.3 is 0 Å². The van der Waals surface area contributed by atoms with Crippen LogP contribution in [0.1, 0.15) is 55.4 Å². The van der Waals surface area contributed by atoms with Crippen molar-refractivity contribution in [3.63, 3.8) is 0 Å². The monoisotopic (exact) mass is 661 g/mol. The van der Waals surface area contributed by atoms with Crippen LogP contribution in [0.25, 0.3) is 22.0 Å². The molecule has 0 unspecified atom stereocenters. The third-order valence-corrected chi connectivity index (χ3v) is 9.04. The quantitative estimate of drug-likeness (QED) is 0.166. The van der Waals surface area contributed by atoms with Gasteiger partial charge in [0.25, 0.3) is 5.91 Å². The number of pyridine rings is 1. The fraction of sp³-hybridized carbons (Fsp3) is 0.483. The number of amides is 1. The van der Waals surface area contributed by atoms with E-state index >= 15 is 0 Å². The molecule has 1 amide bonds. The summed E-state index contributed by atoms with van der Waals surface area (Å²) in [5, 5.41) is 53.4. The Labute approximate surface area is 265 Å². The fourth-order valence-electron chi connectivity index (χ4n) is 5.73. The van der Waals surface area contributed by atoms with Gasteiger partial charge in [0, 0.05) is 29.9 Å². The van der Waals surface area contributed by atoms with Crippen molar-refractivity contribution >= 4 is 22.9 Å². The van der Waals surface area contributed by atoms with Crippen molar-refractivity contribution in [3.05, 3.63) is 53.6 Å². The van der Waals surface area contributed by atoms with Crippen LogP contribution < -0.4 is 5.32 Å². The minimum Gasteiger partial charge on any atom is -0.394 e. The van der Waals surface area contributed by atoms with E-state index in [9.17, 15) is 34.0 Å². The molecule has 46 heavy (non-hydrogen) atoms. The van der Waals surface area contributed by atoms with E-state index in [-0.39, 0.29) is 34.9 Å². The summed E-state index contributed by atoms with van der Waals surface area (Å²) >= 11 is 1.13. The number of anilines is 1. The van der Waals surface area contributed by atoms with E-state index in [0.29, 0.717) is 17.2 Å². The highest BCUT2D eigenvalue weighted by molar-refractivity contribution is 7.13. The highest BCUT2D eigenvalue weighted by Gasteiger charge is 2.44. The van der Waals surface area contributed by atoms with Crippen molar-refractivity contribution in [2.24, 2.45) is 0 Å². The van der Waals surface area contributed by atoms with E-state index in [4.69, 9.17) is 9.47 Å². The van der Waals surface area contributed by atoms with Gasteiger partial charge in [-0.25, -0.2) is 19.0 Å². The SMILES string of the molecule is CCOC1CCC(n2cc(NC(=O)c3csc(-c4cnn([C@H]5O[C@@H](CO)[C@H](O)[C@@H](O)[C@@H]5O)c4)n3)c(-c3nc(F)ccc3F)n2)CC1. The van der Waals surface area contributed by atoms with Crippen molar-refractivity contribution in [1.29, 1.82) is 0 Å². The van der Waals surface area contributed by atoms with Crippen LogP contribution in [-0.2, 0) is 9.47 Å². The van der Waals surface area contributed by atoms with E-state index in [1.54, 1.807) is 10.9 Å². The molecule has 4 aromatic heterocycles. The topological polar surface area (TPSA) is 190 Å². The molecule has 4 aromatic rings. The van der Waals surface area contributed by atoms with Gasteiger partial charge in [-0.3, -0.25) is 9.48 Å². The Morgan fingerprint density at radius 1 is 1.07 bits per heavy atom. The van der Waals surface area contributed by atoms with Crippen LogP contribution in [-0.4, -0.2) is 99.6 Å². The lowest BCUT2D eigenvalue weighted by Crippen LogP contribution is -2.56. The standard InChI is InChI=1S/C29H33F2N7O7S/c1-2-44-16-5-3-15(4-6-16)37-11-18(23(36-37)22-17(30)7-8-21(31)35-22)33-27(43)19-13-46-28(34-19)14-9-32-38(10-14)29-26(42)25(41)24(40)20(12-39)45-29/h7-11,13,15-16,20,24-26,29,39-42H,2-6,12H2,1H3,(H,33,43)/t15?,16?,20-,24-,25+,26-,29-/m0/s1. The number of aliphatic hydroxyl groups is 4. The molecule has 1 aliphatic carbocycles. The number of rotatable bonds is 9. The van der Waals surface area contributed by atoms with Gasteiger partial charge in [0.1, 0.15) is 46.5 Å². The number of nitrogens with zero attached hydrogens (tertiary/aromatic N) is 6. The number of carbonyl (C=O) groups excluding carboxylic acids is 1.